The second-order valence-corrected chi connectivity index (χ2v) is 4.92. The summed E-state index contributed by atoms with van der Waals surface area (Å²) < 4.78 is 28.5. The molecule has 0 fully saturated rings. The quantitative estimate of drug-likeness (QED) is 0.548. The van der Waals surface area contributed by atoms with Crippen LogP contribution in [0, 0.1) is 0 Å². The number of hydrogen-bond donors (Lipinski definition) is 2. The van der Waals surface area contributed by atoms with Crippen molar-refractivity contribution in [2.24, 2.45) is 0 Å². The van der Waals surface area contributed by atoms with Gasteiger partial charge in [-0.3, -0.25) is 13.5 Å². The minimum Gasteiger partial charge on any atom is -0.468 e. The molecule has 2 N–H and O–H groups in total. The summed E-state index contributed by atoms with van der Waals surface area (Å²) in [7, 11) is 1.32. The molecule has 112 valence electrons. The van der Waals surface area contributed by atoms with E-state index in [0.717, 1.165) is 5.56 Å². The molecule has 1 aromatic rings. The van der Waals surface area contributed by atoms with Gasteiger partial charge in [-0.15, -0.1) is 0 Å². The third-order valence-corrected chi connectivity index (χ3v) is 3.16. The van der Waals surface area contributed by atoms with Gasteiger partial charge in [-0.05, 0) is 18.9 Å². The standard InChI is InChI=1S/C13H19NO5S/c1-10(19-20(16)17)9-14-12(13(15)18-2)8-11-6-4-3-5-7-11/h3-7,10,12,14H,8-9H2,1-2H3,(H,16,17)/t10-,12+/m1/s1. The normalized spacial score (nSPS) is 15.3. The van der Waals surface area contributed by atoms with Crippen molar-refractivity contribution in [3.63, 3.8) is 0 Å². The van der Waals surface area contributed by atoms with Gasteiger partial charge in [0, 0.05) is 6.54 Å². The van der Waals surface area contributed by atoms with Gasteiger partial charge < -0.3 is 10.1 Å². The van der Waals surface area contributed by atoms with E-state index in [0.29, 0.717) is 6.42 Å². The lowest BCUT2D eigenvalue weighted by molar-refractivity contribution is -0.143. The molecule has 1 unspecified atom stereocenters. The summed E-state index contributed by atoms with van der Waals surface area (Å²) in [5.41, 5.74) is 0.995. The molecule has 1 rings (SSSR count). The number of esters is 1. The van der Waals surface area contributed by atoms with E-state index < -0.39 is 23.5 Å². The van der Waals surface area contributed by atoms with E-state index in [-0.39, 0.29) is 12.5 Å². The van der Waals surface area contributed by atoms with Gasteiger partial charge in [0.2, 0.25) is 0 Å². The number of ether oxygens (including phenoxy) is 1. The minimum absolute atomic E-state index is 0.263. The average Bonchev–Trinajstić information content (AvgIpc) is 2.43. The Morgan fingerprint density at radius 2 is 2.05 bits per heavy atom. The Bertz CT molecular complexity index is 440. The van der Waals surface area contributed by atoms with Gasteiger partial charge in [-0.1, -0.05) is 30.3 Å². The van der Waals surface area contributed by atoms with Crippen LogP contribution < -0.4 is 5.32 Å². The second-order valence-electron chi connectivity index (χ2n) is 4.30. The number of carbonyl (C=O) groups excluding carboxylic acids is 1. The fourth-order valence-electron chi connectivity index (χ4n) is 1.71. The van der Waals surface area contributed by atoms with Crippen molar-refractivity contribution in [2.45, 2.75) is 25.5 Å². The zero-order chi connectivity index (χ0) is 15.0. The topological polar surface area (TPSA) is 84.9 Å². The maximum absolute atomic E-state index is 11.7. The number of carbonyl (C=O) groups is 1. The van der Waals surface area contributed by atoms with Gasteiger partial charge in [-0.25, -0.2) is 0 Å². The molecule has 0 aliphatic heterocycles. The van der Waals surface area contributed by atoms with Gasteiger partial charge in [-0.2, -0.15) is 4.21 Å². The molecule has 0 heterocycles. The summed E-state index contributed by atoms with van der Waals surface area (Å²) in [4.78, 5) is 11.7. The molecule has 0 bridgehead atoms. The van der Waals surface area contributed by atoms with Crippen LogP contribution in [0.4, 0.5) is 0 Å². The maximum atomic E-state index is 11.7. The molecular weight excluding hydrogens is 282 g/mol. The van der Waals surface area contributed by atoms with E-state index in [9.17, 15) is 9.00 Å². The van der Waals surface area contributed by atoms with Crippen molar-refractivity contribution in [2.75, 3.05) is 13.7 Å². The summed E-state index contributed by atoms with van der Waals surface area (Å²) >= 11 is -2.32. The Kier molecular flexibility index (Phi) is 7.38. The molecular formula is C13H19NO5S. The monoisotopic (exact) mass is 301 g/mol. The Hall–Kier alpha value is -1.28. The highest BCUT2D eigenvalue weighted by Gasteiger charge is 2.20. The highest BCUT2D eigenvalue weighted by atomic mass is 32.2. The summed E-state index contributed by atoms with van der Waals surface area (Å²) in [5, 5.41) is 2.98. The lowest BCUT2D eigenvalue weighted by atomic mass is 10.1. The molecule has 0 aliphatic carbocycles. The zero-order valence-corrected chi connectivity index (χ0v) is 12.3. The first-order valence-corrected chi connectivity index (χ1v) is 7.19. The smallest absolute Gasteiger partial charge is 0.323 e. The van der Waals surface area contributed by atoms with E-state index >= 15 is 0 Å². The number of methoxy groups -OCH3 is 1. The number of nitrogens with one attached hydrogen (secondary N) is 1. The highest BCUT2D eigenvalue weighted by Crippen LogP contribution is 2.05. The maximum Gasteiger partial charge on any atom is 0.323 e. The fraction of sp³-hybridized carbons (Fsp3) is 0.462. The molecule has 0 amide bonds. The van der Waals surface area contributed by atoms with Crippen LogP contribution in [0.25, 0.3) is 0 Å². The minimum atomic E-state index is -2.32. The molecule has 0 saturated heterocycles. The molecule has 3 atom stereocenters. The van der Waals surface area contributed by atoms with Crippen molar-refractivity contribution in [1.82, 2.24) is 5.32 Å². The van der Waals surface area contributed by atoms with Crippen LogP contribution in [-0.2, 0) is 31.5 Å². The lowest BCUT2D eigenvalue weighted by Gasteiger charge is -2.18. The Morgan fingerprint density at radius 3 is 2.60 bits per heavy atom. The van der Waals surface area contributed by atoms with E-state index in [1.807, 2.05) is 30.3 Å². The van der Waals surface area contributed by atoms with E-state index in [2.05, 4.69) is 9.50 Å². The summed E-state index contributed by atoms with van der Waals surface area (Å²) in [5.74, 6) is -0.383. The van der Waals surface area contributed by atoms with Crippen LogP contribution in [0.15, 0.2) is 30.3 Å². The first-order chi connectivity index (χ1) is 9.52. The van der Waals surface area contributed by atoms with Crippen molar-refractivity contribution < 1.29 is 22.5 Å². The summed E-state index contributed by atoms with van der Waals surface area (Å²) in [6.07, 6.45) is -0.0219. The molecule has 0 radical (unpaired) electrons. The number of benzene rings is 1. The Morgan fingerprint density at radius 1 is 1.40 bits per heavy atom. The average molecular weight is 301 g/mol. The molecule has 0 spiro atoms. The first-order valence-electron chi connectivity index (χ1n) is 6.16. The van der Waals surface area contributed by atoms with Crippen LogP contribution in [-0.4, -0.2) is 40.5 Å². The molecule has 7 heteroatoms. The van der Waals surface area contributed by atoms with Crippen LogP contribution in [0.2, 0.25) is 0 Å². The highest BCUT2D eigenvalue weighted by molar-refractivity contribution is 7.74. The van der Waals surface area contributed by atoms with Crippen LogP contribution in [0.5, 0.6) is 0 Å². The van der Waals surface area contributed by atoms with Crippen LogP contribution in [0.1, 0.15) is 12.5 Å². The third kappa shape index (κ3) is 6.25. The van der Waals surface area contributed by atoms with Gasteiger partial charge in [0.15, 0.2) is 0 Å². The SMILES string of the molecule is COC(=O)[C@H](Cc1ccccc1)NC[C@@H](C)OS(=O)O. The van der Waals surface area contributed by atoms with Gasteiger partial charge in [0.05, 0.1) is 13.2 Å². The van der Waals surface area contributed by atoms with Gasteiger partial charge in [0.25, 0.3) is 0 Å². The predicted octanol–water partition coefficient (Wildman–Crippen LogP) is 0.902. The Labute approximate surface area is 121 Å². The third-order valence-electron chi connectivity index (χ3n) is 2.67. The summed E-state index contributed by atoms with van der Waals surface area (Å²) in [6.45, 7) is 1.90. The first kappa shape index (κ1) is 16.8. The molecule has 20 heavy (non-hydrogen) atoms. The fourth-order valence-corrected chi connectivity index (χ4v) is 2.06. The van der Waals surface area contributed by atoms with Crippen LogP contribution in [0.3, 0.4) is 0 Å². The molecule has 6 nitrogen and oxygen atoms in total. The van der Waals surface area contributed by atoms with Gasteiger partial charge in [0.1, 0.15) is 6.04 Å². The van der Waals surface area contributed by atoms with E-state index in [1.165, 1.54) is 7.11 Å². The van der Waals surface area contributed by atoms with Crippen molar-refractivity contribution in [3.05, 3.63) is 35.9 Å². The van der Waals surface area contributed by atoms with Crippen molar-refractivity contribution >= 4 is 17.3 Å². The predicted molar refractivity (Wildman–Crippen MR) is 75.3 cm³/mol. The van der Waals surface area contributed by atoms with Crippen molar-refractivity contribution in [1.29, 1.82) is 0 Å². The Balaban J connectivity index is 2.57. The van der Waals surface area contributed by atoms with E-state index in [1.54, 1.807) is 6.92 Å². The number of rotatable bonds is 8. The van der Waals surface area contributed by atoms with Gasteiger partial charge >= 0.3 is 17.3 Å². The molecule has 0 saturated carbocycles. The van der Waals surface area contributed by atoms with Crippen molar-refractivity contribution in [3.8, 4) is 0 Å². The summed E-state index contributed by atoms with van der Waals surface area (Å²) in [6, 6.07) is 8.99. The van der Waals surface area contributed by atoms with Crippen LogP contribution >= 0.6 is 0 Å². The molecule has 1 aromatic carbocycles. The number of hydrogen-bond acceptors (Lipinski definition) is 5. The second kappa shape index (κ2) is 8.80. The molecule has 0 aromatic heterocycles. The lowest BCUT2D eigenvalue weighted by Crippen LogP contribution is -2.43. The molecule has 0 aliphatic rings. The zero-order valence-electron chi connectivity index (χ0n) is 11.4. The largest absolute Gasteiger partial charge is 0.468 e. The van der Waals surface area contributed by atoms with E-state index in [4.69, 9.17) is 9.29 Å².